The van der Waals surface area contributed by atoms with Crippen LogP contribution in [0.4, 0.5) is 0 Å². The quantitative estimate of drug-likeness (QED) is 0.914. The fourth-order valence-corrected chi connectivity index (χ4v) is 3.29. The number of halogens is 1. The van der Waals surface area contributed by atoms with Crippen molar-refractivity contribution in [3.8, 4) is 0 Å². The minimum absolute atomic E-state index is 0. The van der Waals surface area contributed by atoms with Crippen LogP contribution in [-0.2, 0) is 6.54 Å². The van der Waals surface area contributed by atoms with Crippen molar-refractivity contribution >= 4 is 23.7 Å². The van der Waals surface area contributed by atoms with Crippen LogP contribution >= 0.6 is 23.7 Å². The number of nitrogens with one attached hydrogen (secondary N) is 1. The number of hydrogen-bond acceptors (Lipinski definition) is 4. The largest absolute Gasteiger partial charge is 0.319 e. The van der Waals surface area contributed by atoms with Gasteiger partial charge >= 0.3 is 0 Å². The van der Waals surface area contributed by atoms with Crippen molar-refractivity contribution in [2.45, 2.75) is 26.3 Å². The molecule has 0 saturated carbocycles. The number of piperidine rings is 1. The molecule has 1 aromatic rings. The zero-order valence-electron chi connectivity index (χ0n) is 10.6. The van der Waals surface area contributed by atoms with Gasteiger partial charge in [0.2, 0.25) is 0 Å². The molecule has 0 aliphatic carbocycles. The molecule has 17 heavy (non-hydrogen) atoms. The summed E-state index contributed by atoms with van der Waals surface area (Å²) in [5.74, 6) is 0.827. The van der Waals surface area contributed by atoms with E-state index in [0.29, 0.717) is 0 Å². The van der Waals surface area contributed by atoms with Crippen molar-refractivity contribution in [3.05, 3.63) is 16.1 Å². The second-order valence-corrected chi connectivity index (χ2v) is 5.97. The van der Waals surface area contributed by atoms with Gasteiger partial charge in [-0.2, -0.15) is 0 Å². The Balaban J connectivity index is 0.00000144. The third-order valence-electron chi connectivity index (χ3n) is 3.14. The van der Waals surface area contributed by atoms with Crippen LogP contribution in [0, 0.1) is 12.8 Å². The van der Waals surface area contributed by atoms with Crippen LogP contribution in [0.2, 0.25) is 0 Å². The highest BCUT2D eigenvalue weighted by Crippen LogP contribution is 2.20. The molecular weight excluding hydrogens is 254 g/mol. The standard InChI is InChI=1S/C12H21N3S.ClH/c1-10-14-7-12(16-10)9-15-5-3-4-11(8-15)6-13-2;/h7,11,13H,3-6,8-9H2,1-2H3;1H. The summed E-state index contributed by atoms with van der Waals surface area (Å²) in [5, 5.41) is 4.47. The summed E-state index contributed by atoms with van der Waals surface area (Å²) in [4.78, 5) is 8.29. The van der Waals surface area contributed by atoms with Crippen LogP contribution < -0.4 is 5.32 Å². The molecule has 3 nitrogen and oxygen atoms in total. The van der Waals surface area contributed by atoms with E-state index in [1.54, 1.807) is 0 Å². The summed E-state index contributed by atoms with van der Waals surface area (Å²) in [7, 11) is 2.05. The molecular formula is C12H22ClN3S. The number of likely N-dealkylation sites (tertiary alicyclic amines) is 1. The van der Waals surface area contributed by atoms with Gasteiger partial charge in [-0.15, -0.1) is 23.7 Å². The van der Waals surface area contributed by atoms with Gasteiger partial charge in [0.25, 0.3) is 0 Å². The molecule has 1 aromatic heterocycles. The minimum Gasteiger partial charge on any atom is -0.319 e. The predicted octanol–water partition coefficient (Wildman–Crippen LogP) is 2.30. The smallest absolute Gasteiger partial charge is 0.0897 e. The average Bonchev–Trinajstić information content (AvgIpc) is 2.65. The predicted molar refractivity (Wildman–Crippen MR) is 76.0 cm³/mol. The Labute approximate surface area is 114 Å². The Morgan fingerprint density at radius 1 is 1.59 bits per heavy atom. The lowest BCUT2D eigenvalue weighted by Gasteiger charge is -2.32. The van der Waals surface area contributed by atoms with Gasteiger partial charge in [-0.3, -0.25) is 4.90 Å². The normalized spacial score (nSPS) is 21.2. The van der Waals surface area contributed by atoms with E-state index in [0.717, 1.165) is 19.0 Å². The van der Waals surface area contributed by atoms with E-state index in [4.69, 9.17) is 0 Å². The molecule has 1 fully saturated rings. The first kappa shape index (κ1) is 14.9. The molecule has 1 atom stereocenters. The van der Waals surface area contributed by atoms with Crippen LogP contribution in [0.15, 0.2) is 6.20 Å². The molecule has 1 saturated heterocycles. The summed E-state index contributed by atoms with van der Waals surface area (Å²) in [6.07, 6.45) is 4.74. The van der Waals surface area contributed by atoms with Gasteiger partial charge in [-0.25, -0.2) is 4.98 Å². The topological polar surface area (TPSA) is 28.2 Å². The number of nitrogens with zero attached hydrogens (tertiary/aromatic N) is 2. The molecule has 98 valence electrons. The highest BCUT2D eigenvalue weighted by atomic mass is 35.5. The zero-order valence-corrected chi connectivity index (χ0v) is 12.2. The first-order valence-corrected chi connectivity index (χ1v) is 6.88. The highest BCUT2D eigenvalue weighted by molar-refractivity contribution is 7.11. The Morgan fingerprint density at radius 3 is 3.06 bits per heavy atom. The molecule has 1 aliphatic heterocycles. The Hall–Kier alpha value is -0.160. The number of aryl methyl sites for hydroxylation is 1. The maximum atomic E-state index is 4.32. The molecule has 1 unspecified atom stereocenters. The Morgan fingerprint density at radius 2 is 2.41 bits per heavy atom. The van der Waals surface area contributed by atoms with Crippen LogP contribution in [0.3, 0.4) is 0 Å². The fourth-order valence-electron chi connectivity index (χ4n) is 2.45. The van der Waals surface area contributed by atoms with E-state index < -0.39 is 0 Å². The minimum atomic E-state index is 0. The van der Waals surface area contributed by atoms with Crippen molar-refractivity contribution in [1.29, 1.82) is 0 Å². The van der Waals surface area contributed by atoms with Gasteiger partial charge in [0.15, 0.2) is 0 Å². The summed E-state index contributed by atoms with van der Waals surface area (Å²) in [6, 6.07) is 0. The lowest BCUT2D eigenvalue weighted by molar-refractivity contribution is 0.168. The van der Waals surface area contributed by atoms with Crippen molar-refractivity contribution in [2.75, 3.05) is 26.7 Å². The Bertz CT molecular complexity index is 327. The SMILES string of the molecule is CNCC1CCCN(Cc2cnc(C)s2)C1.Cl. The second kappa shape index (κ2) is 7.31. The van der Waals surface area contributed by atoms with Gasteiger partial charge in [-0.1, -0.05) is 0 Å². The lowest BCUT2D eigenvalue weighted by Crippen LogP contribution is -2.38. The van der Waals surface area contributed by atoms with E-state index in [2.05, 4.69) is 22.1 Å². The first-order valence-electron chi connectivity index (χ1n) is 6.06. The summed E-state index contributed by atoms with van der Waals surface area (Å²) < 4.78 is 0. The van der Waals surface area contributed by atoms with Crippen molar-refractivity contribution in [3.63, 3.8) is 0 Å². The van der Waals surface area contributed by atoms with E-state index in [9.17, 15) is 0 Å². The molecule has 0 aromatic carbocycles. The van der Waals surface area contributed by atoms with Crippen LogP contribution in [0.1, 0.15) is 22.7 Å². The zero-order chi connectivity index (χ0) is 11.4. The van der Waals surface area contributed by atoms with E-state index in [1.807, 2.05) is 24.6 Å². The molecule has 5 heteroatoms. The molecule has 2 heterocycles. The van der Waals surface area contributed by atoms with Crippen LogP contribution in [0.5, 0.6) is 0 Å². The van der Waals surface area contributed by atoms with E-state index in [-0.39, 0.29) is 12.4 Å². The summed E-state index contributed by atoms with van der Waals surface area (Å²) in [5.41, 5.74) is 0. The third kappa shape index (κ3) is 4.54. The fraction of sp³-hybridized carbons (Fsp3) is 0.750. The molecule has 0 bridgehead atoms. The molecule has 0 spiro atoms. The number of rotatable bonds is 4. The molecule has 0 radical (unpaired) electrons. The van der Waals surface area contributed by atoms with Gasteiger partial charge in [-0.05, 0) is 45.8 Å². The lowest BCUT2D eigenvalue weighted by atomic mass is 9.98. The summed E-state index contributed by atoms with van der Waals surface area (Å²) >= 11 is 1.83. The first-order chi connectivity index (χ1) is 7.78. The monoisotopic (exact) mass is 275 g/mol. The number of hydrogen-bond donors (Lipinski definition) is 1. The maximum Gasteiger partial charge on any atom is 0.0897 e. The summed E-state index contributed by atoms with van der Waals surface area (Å²) in [6.45, 7) is 6.80. The second-order valence-electron chi connectivity index (χ2n) is 4.65. The van der Waals surface area contributed by atoms with Gasteiger partial charge in [0.1, 0.15) is 0 Å². The van der Waals surface area contributed by atoms with Gasteiger partial charge in [0, 0.05) is 24.2 Å². The highest BCUT2D eigenvalue weighted by Gasteiger charge is 2.19. The average molecular weight is 276 g/mol. The van der Waals surface area contributed by atoms with Gasteiger partial charge in [0.05, 0.1) is 5.01 Å². The maximum absolute atomic E-state index is 4.32. The molecule has 0 amide bonds. The number of aromatic nitrogens is 1. The van der Waals surface area contributed by atoms with Crippen LogP contribution in [-0.4, -0.2) is 36.6 Å². The third-order valence-corrected chi connectivity index (χ3v) is 4.04. The molecule has 2 rings (SSSR count). The molecule has 1 N–H and O–H groups in total. The van der Waals surface area contributed by atoms with Crippen molar-refractivity contribution < 1.29 is 0 Å². The number of thiazole rings is 1. The van der Waals surface area contributed by atoms with Crippen LogP contribution in [0.25, 0.3) is 0 Å². The molecule has 1 aliphatic rings. The Kier molecular flexibility index (Phi) is 6.41. The van der Waals surface area contributed by atoms with E-state index >= 15 is 0 Å². The van der Waals surface area contributed by atoms with Gasteiger partial charge < -0.3 is 5.32 Å². The van der Waals surface area contributed by atoms with Crippen molar-refractivity contribution in [1.82, 2.24) is 15.2 Å². The van der Waals surface area contributed by atoms with Crippen molar-refractivity contribution in [2.24, 2.45) is 5.92 Å². The van der Waals surface area contributed by atoms with E-state index in [1.165, 1.54) is 35.8 Å².